The summed E-state index contributed by atoms with van der Waals surface area (Å²) in [4.78, 5) is 31.7. The van der Waals surface area contributed by atoms with Gasteiger partial charge in [-0.3, -0.25) is 9.59 Å². The third-order valence-corrected chi connectivity index (χ3v) is 7.35. The number of para-hydroxylation sites is 1. The highest BCUT2D eigenvalue weighted by Gasteiger charge is 2.25. The summed E-state index contributed by atoms with van der Waals surface area (Å²) >= 11 is 0. The van der Waals surface area contributed by atoms with Crippen LogP contribution in [-0.2, 0) is 17.8 Å². The molecule has 0 aliphatic rings. The van der Waals surface area contributed by atoms with E-state index >= 15 is 0 Å². The molecule has 0 aliphatic heterocycles. The summed E-state index contributed by atoms with van der Waals surface area (Å²) in [6, 6.07) is 34.2. The molecule has 1 aromatic heterocycles. The number of pyridine rings is 1. The second-order valence-corrected chi connectivity index (χ2v) is 10.2. The Morgan fingerprint density at radius 2 is 1.49 bits per heavy atom. The number of carbonyl (C=O) groups excluding carboxylic acids is 2. The molecule has 7 heteroatoms. The van der Waals surface area contributed by atoms with Crippen LogP contribution in [0.4, 0.5) is 0 Å². The number of benzene rings is 4. The number of aromatic nitrogens is 1. The first kappa shape index (κ1) is 29.5. The van der Waals surface area contributed by atoms with Crippen molar-refractivity contribution in [1.82, 2.24) is 15.6 Å². The fraction of sp³-hybridized carbons (Fsp3) is 0.194. The van der Waals surface area contributed by atoms with Gasteiger partial charge < -0.3 is 20.5 Å². The summed E-state index contributed by atoms with van der Waals surface area (Å²) in [7, 11) is 0. The predicted molar refractivity (Wildman–Crippen MR) is 169 cm³/mol. The first-order valence-corrected chi connectivity index (χ1v) is 14.5. The normalized spacial score (nSPS) is 11.6. The van der Waals surface area contributed by atoms with Gasteiger partial charge in [-0.1, -0.05) is 110 Å². The van der Waals surface area contributed by atoms with Crippen molar-refractivity contribution in [3.8, 4) is 17.0 Å². The van der Waals surface area contributed by atoms with E-state index in [-0.39, 0.29) is 44.0 Å². The lowest BCUT2D eigenvalue weighted by Gasteiger charge is -2.21. The van der Waals surface area contributed by atoms with Gasteiger partial charge in [-0.2, -0.15) is 0 Å². The molecule has 4 aromatic carbocycles. The van der Waals surface area contributed by atoms with Crippen molar-refractivity contribution in [3.05, 3.63) is 131 Å². The van der Waals surface area contributed by atoms with Crippen LogP contribution in [0.1, 0.15) is 46.4 Å². The number of aliphatic hydroxyl groups is 1. The molecule has 3 N–H and O–H groups in total. The first-order valence-electron chi connectivity index (χ1n) is 14.5. The van der Waals surface area contributed by atoms with Crippen molar-refractivity contribution in [1.29, 1.82) is 0 Å². The van der Waals surface area contributed by atoms with Gasteiger partial charge in [-0.05, 0) is 29.2 Å². The van der Waals surface area contributed by atoms with Crippen LogP contribution in [0.3, 0.4) is 0 Å². The van der Waals surface area contributed by atoms with E-state index in [9.17, 15) is 14.7 Å². The third-order valence-electron chi connectivity index (χ3n) is 7.35. The van der Waals surface area contributed by atoms with Crippen LogP contribution < -0.4 is 15.4 Å². The number of ether oxygens (including phenoxy) is 1. The topological polar surface area (TPSA) is 101 Å². The lowest BCUT2D eigenvalue weighted by atomic mass is 10.00. The maximum Gasteiger partial charge on any atom is 0.256 e. The minimum absolute atomic E-state index is 0.127. The molecular formula is C36H35N3O4. The van der Waals surface area contributed by atoms with Gasteiger partial charge in [-0.15, -0.1) is 0 Å². The number of hydrogen-bond donors (Lipinski definition) is 3. The largest absolute Gasteiger partial charge is 0.489 e. The van der Waals surface area contributed by atoms with E-state index in [2.05, 4.69) is 10.6 Å². The molecule has 1 heterocycles. The monoisotopic (exact) mass is 573 g/mol. The van der Waals surface area contributed by atoms with Crippen LogP contribution in [0, 0.1) is 0 Å². The number of nitrogens with one attached hydrogen (secondary N) is 2. The summed E-state index contributed by atoms with van der Waals surface area (Å²) in [5.41, 5.74) is 4.98. The molecule has 5 rings (SSSR count). The van der Waals surface area contributed by atoms with Gasteiger partial charge in [0.25, 0.3) is 5.91 Å². The zero-order valence-electron chi connectivity index (χ0n) is 24.1. The zero-order valence-corrected chi connectivity index (χ0v) is 24.1. The van der Waals surface area contributed by atoms with E-state index in [1.807, 2.05) is 110 Å². The number of nitrogens with zero attached hydrogens (tertiary/aromatic N) is 1. The molecule has 43 heavy (non-hydrogen) atoms. The molecule has 0 spiro atoms. The fourth-order valence-electron chi connectivity index (χ4n) is 5.15. The molecule has 1 unspecified atom stereocenters. The second kappa shape index (κ2) is 14.2. The molecule has 2 amide bonds. The van der Waals surface area contributed by atoms with E-state index in [0.29, 0.717) is 34.3 Å². The highest BCUT2D eigenvalue weighted by atomic mass is 16.5. The number of carbonyl (C=O) groups is 2. The van der Waals surface area contributed by atoms with Crippen molar-refractivity contribution in [2.24, 2.45) is 0 Å². The van der Waals surface area contributed by atoms with E-state index in [4.69, 9.17) is 9.72 Å². The number of fused-ring (bicyclic) bond motifs is 1. The zero-order chi connectivity index (χ0) is 30.0. The van der Waals surface area contributed by atoms with Crippen LogP contribution >= 0.6 is 0 Å². The number of rotatable bonds is 12. The number of aliphatic hydroxyl groups excluding tert-OH is 1. The van der Waals surface area contributed by atoms with Gasteiger partial charge in [0.1, 0.15) is 12.3 Å². The third kappa shape index (κ3) is 7.08. The standard InChI is InChI=1S/C36H35N3O4/c1-2-30(25-13-5-3-6-14-25)39-36(42)33-29-19-11-12-20-31(29)38-34(26-15-7-4-8-16-26)35(33)43-22-21-37-32(41)23-27-17-9-10-18-28(27)24-40/h3-20,30,40H,2,21-24H2,1H3,(H,37,41)(H,39,42). The SMILES string of the molecule is CCC(NC(=O)c1c(OCCNC(=O)Cc2ccccc2CO)c(-c2ccccc2)nc2ccccc12)c1ccccc1. The second-order valence-electron chi connectivity index (χ2n) is 10.2. The first-order chi connectivity index (χ1) is 21.1. The fourth-order valence-corrected chi connectivity index (χ4v) is 5.15. The van der Waals surface area contributed by atoms with E-state index in [1.54, 1.807) is 6.07 Å². The Morgan fingerprint density at radius 1 is 0.837 bits per heavy atom. The average molecular weight is 574 g/mol. The smallest absolute Gasteiger partial charge is 0.256 e. The van der Waals surface area contributed by atoms with Crippen LogP contribution in [-0.4, -0.2) is 35.1 Å². The quantitative estimate of drug-likeness (QED) is 0.159. The van der Waals surface area contributed by atoms with Crippen molar-refractivity contribution < 1.29 is 19.4 Å². The minimum Gasteiger partial charge on any atom is -0.489 e. The highest BCUT2D eigenvalue weighted by Crippen LogP contribution is 2.37. The Morgan fingerprint density at radius 3 is 2.21 bits per heavy atom. The van der Waals surface area contributed by atoms with Gasteiger partial charge in [0.2, 0.25) is 5.91 Å². The van der Waals surface area contributed by atoms with E-state index in [1.165, 1.54) is 0 Å². The van der Waals surface area contributed by atoms with Crippen LogP contribution in [0.15, 0.2) is 109 Å². The Balaban J connectivity index is 1.44. The lowest BCUT2D eigenvalue weighted by Crippen LogP contribution is -2.31. The number of amides is 2. The molecule has 7 nitrogen and oxygen atoms in total. The van der Waals surface area contributed by atoms with Crippen LogP contribution in [0.5, 0.6) is 5.75 Å². The predicted octanol–water partition coefficient (Wildman–Crippen LogP) is 6.01. The molecule has 0 aliphatic carbocycles. The molecule has 218 valence electrons. The van der Waals surface area contributed by atoms with Gasteiger partial charge in [0.05, 0.1) is 36.7 Å². The Kier molecular flexibility index (Phi) is 9.77. The minimum atomic E-state index is -0.258. The van der Waals surface area contributed by atoms with Gasteiger partial charge in [0.15, 0.2) is 5.75 Å². The maximum atomic E-state index is 14.1. The molecule has 0 saturated heterocycles. The molecule has 5 aromatic rings. The van der Waals surface area contributed by atoms with Crippen LogP contribution in [0.2, 0.25) is 0 Å². The van der Waals surface area contributed by atoms with Crippen molar-refractivity contribution in [3.63, 3.8) is 0 Å². The van der Waals surface area contributed by atoms with Gasteiger partial charge >= 0.3 is 0 Å². The summed E-state index contributed by atoms with van der Waals surface area (Å²) < 4.78 is 6.34. The van der Waals surface area contributed by atoms with Crippen molar-refractivity contribution in [2.75, 3.05) is 13.2 Å². The summed E-state index contributed by atoms with van der Waals surface area (Å²) in [6.07, 6.45) is 0.862. The maximum absolute atomic E-state index is 14.1. The Hall–Kier alpha value is -5.01. The number of hydrogen-bond acceptors (Lipinski definition) is 5. The lowest BCUT2D eigenvalue weighted by molar-refractivity contribution is -0.120. The van der Waals surface area contributed by atoms with Gasteiger partial charge in [0, 0.05) is 10.9 Å². The Labute approximate surface area is 251 Å². The van der Waals surface area contributed by atoms with E-state index < -0.39 is 0 Å². The van der Waals surface area contributed by atoms with E-state index in [0.717, 1.165) is 22.3 Å². The van der Waals surface area contributed by atoms with Crippen molar-refractivity contribution >= 4 is 22.7 Å². The Bertz CT molecular complexity index is 1690. The van der Waals surface area contributed by atoms with Gasteiger partial charge in [-0.25, -0.2) is 4.98 Å². The highest BCUT2D eigenvalue weighted by molar-refractivity contribution is 6.10. The van der Waals surface area contributed by atoms with Crippen LogP contribution in [0.25, 0.3) is 22.2 Å². The summed E-state index contributed by atoms with van der Waals surface area (Å²) in [6.45, 7) is 2.27. The van der Waals surface area contributed by atoms with Crippen molar-refractivity contribution in [2.45, 2.75) is 32.4 Å². The molecule has 0 saturated carbocycles. The molecule has 1 atom stereocenters. The molecule has 0 fully saturated rings. The molecular weight excluding hydrogens is 538 g/mol. The summed E-state index contributed by atoms with van der Waals surface area (Å²) in [5.74, 6) is -0.0765. The average Bonchev–Trinajstić information content (AvgIpc) is 3.06. The summed E-state index contributed by atoms with van der Waals surface area (Å²) in [5, 5.41) is 16.4. The molecule has 0 bridgehead atoms. The molecule has 0 radical (unpaired) electrons.